The Kier molecular flexibility index (Phi) is 7.23. The number of unbranched alkanes of at least 4 members (excludes halogenated alkanes) is 5. The fourth-order valence-corrected chi connectivity index (χ4v) is 2.02. The quantitative estimate of drug-likeness (QED) is 0.557. The third-order valence-corrected chi connectivity index (χ3v) is 3.02. The van der Waals surface area contributed by atoms with Crippen LogP contribution in [0.25, 0.3) is 0 Å². The number of nitrogens with one attached hydrogen (secondary N) is 1. The zero-order chi connectivity index (χ0) is 11.6. The van der Waals surface area contributed by atoms with Crippen molar-refractivity contribution < 1.29 is 0 Å². The Morgan fingerprint density at radius 3 is 2.69 bits per heavy atom. The first kappa shape index (κ1) is 13.5. The number of pyridine rings is 1. The number of nitrogens with zero attached hydrogens (tertiary/aromatic N) is 1. The minimum absolute atomic E-state index is 0.889. The first-order valence-electron chi connectivity index (χ1n) is 6.18. The molecule has 0 saturated carbocycles. The summed E-state index contributed by atoms with van der Waals surface area (Å²) < 4.78 is 0.889. The van der Waals surface area contributed by atoms with Gasteiger partial charge in [-0.2, -0.15) is 0 Å². The maximum atomic E-state index is 4.09. The SMILES string of the molecule is CCCCCCCCNc1ccnc(Br)c1. The van der Waals surface area contributed by atoms with Crippen molar-refractivity contribution in [3.63, 3.8) is 0 Å². The molecule has 0 bridgehead atoms. The standard InChI is InChI=1S/C13H21BrN2/c1-2-3-4-5-6-7-9-15-12-8-10-16-13(14)11-12/h8,10-11H,2-7,9H2,1H3,(H,15,16). The molecule has 0 spiro atoms. The van der Waals surface area contributed by atoms with Gasteiger partial charge in [-0.3, -0.25) is 0 Å². The van der Waals surface area contributed by atoms with E-state index < -0.39 is 0 Å². The maximum absolute atomic E-state index is 4.09. The molecule has 0 amide bonds. The number of rotatable bonds is 8. The van der Waals surface area contributed by atoms with E-state index in [9.17, 15) is 0 Å². The third kappa shape index (κ3) is 6.11. The average Bonchev–Trinajstić information content (AvgIpc) is 2.28. The monoisotopic (exact) mass is 284 g/mol. The highest BCUT2D eigenvalue weighted by atomic mass is 79.9. The first-order valence-corrected chi connectivity index (χ1v) is 6.97. The van der Waals surface area contributed by atoms with Crippen molar-refractivity contribution in [1.29, 1.82) is 0 Å². The minimum Gasteiger partial charge on any atom is -0.385 e. The Morgan fingerprint density at radius 2 is 1.94 bits per heavy atom. The van der Waals surface area contributed by atoms with Gasteiger partial charge >= 0.3 is 0 Å². The highest BCUT2D eigenvalue weighted by Crippen LogP contribution is 2.13. The number of halogens is 1. The summed E-state index contributed by atoms with van der Waals surface area (Å²) in [6.45, 7) is 3.31. The second-order valence-corrected chi connectivity index (χ2v) is 4.87. The van der Waals surface area contributed by atoms with Crippen molar-refractivity contribution in [2.45, 2.75) is 45.4 Å². The lowest BCUT2D eigenvalue weighted by Crippen LogP contribution is -2.01. The lowest BCUT2D eigenvalue weighted by molar-refractivity contribution is 0.617. The molecule has 1 heterocycles. The number of hydrogen-bond donors (Lipinski definition) is 1. The van der Waals surface area contributed by atoms with Crippen LogP contribution in [0.15, 0.2) is 22.9 Å². The molecule has 0 atom stereocenters. The Bertz CT molecular complexity index is 289. The summed E-state index contributed by atoms with van der Waals surface area (Å²) in [6.07, 6.45) is 9.86. The zero-order valence-corrected chi connectivity index (χ0v) is 11.6. The molecule has 0 aliphatic rings. The smallest absolute Gasteiger partial charge is 0.108 e. The molecule has 16 heavy (non-hydrogen) atoms. The largest absolute Gasteiger partial charge is 0.385 e. The van der Waals surface area contributed by atoms with E-state index in [1.54, 1.807) is 0 Å². The van der Waals surface area contributed by atoms with Crippen LogP contribution in [0.2, 0.25) is 0 Å². The summed E-state index contributed by atoms with van der Waals surface area (Å²) in [4.78, 5) is 4.09. The zero-order valence-electron chi connectivity index (χ0n) is 10.0. The van der Waals surface area contributed by atoms with Gasteiger partial charge in [0, 0.05) is 18.4 Å². The molecule has 1 rings (SSSR count). The Hall–Kier alpha value is -0.570. The van der Waals surface area contributed by atoms with E-state index in [2.05, 4.69) is 33.2 Å². The molecule has 0 saturated heterocycles. The van der Waals surface area contributed by atoms with Crippen molar-refractivity contribution in [3.05, 3.63) is 22.9 Å². The molecule has 0 fully saturated rings. The van der Waals surface area contributed by atoms with E-state index in [0.29, 0.717) is 0 Å². The van der Waals surface area contributed by atoms with Crippen LogP contribution >= 0.6 is 15.9 Å². The molecular formula is C13H21BrN2. The van der Waals surface area contributed by atoms with Gasteiger partial charge in [0.05, 0.1) is 0 Å². The minimum atomic E-state index is 0.889. The van der Waals surface area contributed by atoms with Gasteiger partial charge in [-0.05, 0) is 34.5 Å². The van der Waals surface area contributed by atoms with E-state index in [4.69, 9.17) is 0 Å². The van der Waals surface area contributed by atoms with Crippen LogP contribution in [0.3, 0.4) is 0 Å². The molecule has 1 N–H and O–H groups in total. The van der Waals surface area contributed by atoms with Gasteiger partial charge in [0.25, 0.3) is 0 Å². The van der Waals surface area contributed by atoms with Gasteiger partial charge in [0.15, 0.2) is 0 Å². The Morgan fingerprint density at radius 1 is 1.19 bits per heavy atom. The average molecular weight is 285 g/mol. The van der Waals surface area contributed by atoms with Gasteiger partial charge in [-0.25, -0.2) is 4.98 Å². The lowest BCUT2D eigenvalue weighted by Gasteiger charge is -2.06. The summed E-state index contributed by atoms with van der Waals surface area (Å²) >= 11 is 3.36. The molecule has 0 aromatic carbocycles. The van der Waals surface area contributed by atoms with Crippen LogP contribution in [0, 0.1) is 0 Å². The number of hydrogen-bond acceptors (Lipinski definition) is 2. The predicted molar refractivity (Wildman–Crippen MR) is 73.8 cm³/mol. The molecule has 1 aromatic rings. The fourth-order valence-electron chi connectivity index (χ4n) is 1.65. The lowest BCUT2D eigenvalue weighted by atomic mass is 10.1. The van der Waals surface area contributed by atoms with E-state index in [0.717, 1.165) is 16.8 Å². The summed E-state index contributed by atoms with van der Waals surface area (Å²) in [5.74, 6) is 0. The highest BCUT2D eigenvalue weighted by molar-refractivity contribution is 9.10. The van der Waals surface area contributed by atoms with Crippen LogP contribution in [-0.2, 0) is 0 Å². The summed E-state index contributed by atoms with van der Waals surface area (Å²) in [6, 6.07) is 4.01. The van der Waals surface area contributed by atoms with Crippen molar-refractivity contribution in [3.8, 4) is 0 Å². The second kappa shape index (κ2) is 8.57. The number of anilines is 1. The summed E-state index contributed by atoms with van der Waals surface area (Å²) in [7, 11) is 0. The summed E-state index contributed by atoms with van der Waals surface area (Å²) in [5, 5.41) is 3.41. The van der Waals surface area contributed by atoms with Crippen LogP contribution in [-0.4, -0.2) is 11.5 Å². The van der Waals surface area contributed by atoms with E-state index in [1.807, 2.05) is 18.3 Å². The third-order valence-electron chi connectivity index (χ3n) is 2.59. The molecule has 90 valence electrons. The van der Waals surface area contributed by atoms with Crippen molar-refractivity contribution in [1.82, 2.24) is 4.98 Å². The molecule has 3 heteroatoms. The van der Waals surface area contributed by atoms with Crippen LogP contribution < -0.4 is 5.32 Å². The van der Waals surface area contributed by atoms with Gasteiger partial charge in [0.1, 0.15) is 4.60 Å². The maximum Gasteiger partial charge on any atom is 0.108 e. The van der Waals surface area contributed by atoms with E-state index in [1.165, 1.54) is 38.5 Å². The van der Waals surface area contributed by atoms with Crippen LogP contribution in [0.1, 0.15) is 45.4 Å². The fraction of sp³-hybridized carbons (Fsp3) is 0.615. The van der Waals surface area contributed by atoms with Gasteiger partial charge < -0.3 is 5.32 Å². The van der Waals surface area contributed by atoms with Crippen molar-refractivity contribution in [2.24, 2.45) is 0 Å². The molecular weight excluding hydrogens is 264 g/mol. The first-order chi connectivity index (χ1) is 7.83. The Balaban J connectivity index is 2.03. The second-order valence-electron chi connectivity index (χ2n) is 4.06. The number of aromatic nitrogens is 1. The van der Waals surface area contributed by atoms with E-state index >= 15 is 0 Å². The molecule has 0 radical (unpaired) electrons. The molecule has 2 nitrogen and oxygen atoms in total. The summed E-state index contributed by atoms with van der Waals surface area (Å²) in [5.41, 5.74) is 1.15. The highest BCUT2D eigenvalue weighted by Gasteiger charge is 1.94. The Labute approximate surface area is 107 Å². The molecule has 1 aromatic heterocycles. The normalized spacial score (nSPS) is 10.4. The van der Waals surface area contributed by atoms with Gasteiger partial charge in [-0.15, -0.1) is 0 Å². The molecule has 0 unspecified atom stereocenters. The van der Waals surface area contributed by atoms with Crippen LogP contribution in [0.4, 0.5) is 5.69 Å². The van der Waals surface area contributed by atoms with Crippen molar-refractivity contribution >= 4 is 21.6 Å². The predicted octanol–water partition coefficient (Wildman–Crippen LogP) is 4.62. The van der Waals surface area contributed by atoms with Gasteiger partial charge in [0.2, 0.25) is 0 Å². The van der Waals surface area contributed by atoms with Crippen molar-refractivity contribution in [2.75, 3.05) is 11.9 Å². The van der Waals surface area contributed by atoms with Gasteiger partial charge in [-0.1, -0.05) is 39.0 Å². The molecule has 0 aliphatic heterocycles. The molecule has 0 aliphatic carbocycles. The van der Waals surface area contributed by atoms with Crippen LogP contribution in [0.5, 0.6) is 0 Å². The van der Waals surface area contributed by atoms with E-state index in [-0.39, 0.29) is 0 Å². The topological polar surface area (TPSA) is 24.9 Å².